The largest absolute Gasteiger partial charge is 0.372 e. The molecule has 0 spiro atoms. The Kier molecular flexibility index (Phi) is 5.80. The lowest BCUT2D eigenvalue weighted by atomic mass is 9.93. The molecule has 128 valence electrons. The van der Waals surface area contributed by atoms with Gasteiger partial charge in [-0.05, 0) is 43.0 Å². The van der Waals surface area contributed by atoms with E-state index in [0.29, 0.717) is 12.3 Å². The van der Waals surface area contributed by atoms with Crippen LogP contribution in [0.5, 0.6) is 0 Å². The fourth-order valence-corrected chi connectivity index (χ4v) is 4.01. The molecule has 0 aromatic carbocycles. The lowest BCUT2D eigenvalue weighted by Crippen LogP contribution is -2.40. The normalized spacial score (nSPS) is 17.7. The molecule has 0 radical (unpaired) electrons. The van der Waals surface area contributed by atoms with E-state index in [-0.39, 0.29) is 5.91 Å². The Morgan fingerprint density at radius 3 is 3.08 bits per heavy atom. The Balaban J connectivity index is 1.54. The van der Waals surface area contributed by atoms with Gasteiger partial charge in [-0.25, -0.2) is 4.98 Å². The number of aromatic nitrogens is 2. The quantitative estimate of drug-likeness (QED) is 0.875. The van der Waals surface area contributed by atoms with E-state index in [1.54, 1.807) is 23.7 Å². The summed E-state index contributed by atoms with van der Waals surface area (Å²) in [7, 11) is 1.87. The van der Waals surface area contributed by atoms with Gasteiger partial charge in [0.1, 0.15) is 5.82 Å². The number of aryl methyl sites for hydroxylation is 1. The van der Waals surface area contributed by atoms with Crippen LogP contribution in [-0.2, 0) is 17.6 Å². The summed E-state index contributed by atoms with van der Waals surface area (Å²) in [4.78, 5) is 24.6. The number of hydrogen-bond acceptors (Lipinski definition) is 5. The molecule has 1 saturated heterocycles. The number of piperidine rings is 1. The van der Waals surface area contributed by atoms with Crippen molar-refractivity contribution in [3.63, 3.8) is 0 Å². The number of nitrogens with zero attached hydrogens (tertiary/aromatic N) is 3. The third-order valence-corrected chi connectivity index (χ3v) is 5.47. The van der Waals surface area contributed by atoms with E-state index in [2.05, 4.69) is 26.7 Å². The molecule has 6 heteroatoms. The van der Waals surface area contributed by atoms with Crippen LogP contribution in [0.15, 0.2) is 29.9 Å². The number of rotatable bonds is 6. The highest BCUT2D eigenvalue weighted by Crippen LogP contribution is 2.23. The van der Waals surface area contributed by atoms with Gasteiger partial charge in [0, 0.05) is 43.8 Å². The molecule has 1 amide bonds. The fraction of sp³-hybridized carbons (Fsp3) is 0.500. The van der Waals surface area contributed by atoms with Gasteiger partial charge in [-0.3, -0.25) is 9.78 Å². The average Bonchev–Trinajstić information content (AvgIpc) is 3.14. The zero-order valence-electron chi connectivity index (χ0n) is 14.1. The first-order valence-electron chi connectivity index (χ1n) is 8.54. The molecule has 2 aromatic rings. The fourth-order valence-electron chi connectivity index (χ4n) is 3.30. The van der Waals surface area contributed by atoms with Crippen molar-refractivity contribution >= 4 is 23.1 Å². The highest BCUT2D eigenvalue weighted by Gasteiger charge is 2.24. The third-order valence-electron chi connectivity index (χ3n) is 4.53. The molecular formula is C18H24N4OS. The standard InChI is InChI=1S/C18H24N4OS/c1-19-18-16(20-8-9-21-18)12-14-4-2-10-22(13-14)17(23)7-6-15-5-3-11-24-15/h3,5,8-9,11,14H,2,4,6-7,10,12-13H2,1H3,(H,19,21)/t14-/m0/s1. The molecule has 0 unspecified atom stereocenters. The molecule has 24 heavy (non-hydrogen) atoms. The van der Waals surface area contributed by atoms with Crippen LogP contribution in [0.25, 0.3) is 0 Å². The second kappa shape index (κ2) is 8.24. The minimum Gasteiger partial charge on any atom is -0.372 e. The Bertz CT molecular complexity index is 659. The predicted molar refractivity (Wildman–Crippen MR) is 97.2 cm³/mol. The van der Waals surface area contributed by atoms with Crippen LogP contribution in [0.1, 0.15) is 29.8 Å². The lowest BCUT2D eigenvalue weighted by molar-refractivity contribution is -0.132. The molecule has 2 aromatic heterocycles. The Hall–Kier alpha value is -1.95. The predicted octanol–water partition coefficient (Wildman–Crippen LogP) is 2.99. The number of nitrogens with one attached hydrogen (secondary N) is 1. The summed E-state index contributed by atoms with van der Waals surface area (Å²) in [6.45, 7) is 1.72. The molecule has 0 bridgehead atoms. The van der Waals surface area contributed by atoms with Crippen molar-refractivity contribution in [1.29, 1.82) is 0 Å². The molecule has 5 nitrogen and oxygen atoms in total. The van der Waals surface area contributed by atoms with Gasteiger partial charge in [-0.15, -0.1) is 11.3 Å². The summed E-state index contributed by atoms with van der Waals surface area (Å²) in [5.41, 5.74) is 0.998. The summed E-state index contributed by atoms with van der Waals surface area (Å²) in [5, 5.41) is 5.17. The smallest absolute Gasteiger partial charge is 0.222 e. The number of amides is 1. The summed E-state index contributed by atoms with van der Waals surface area (Å²) < 4.78 is 0. The summed E-state index contributed by atoms with van der Waals surface area (Å²) >= 11 is 1.73. The third kappa shape index (κ3) is 4.32. The molecule has 1 aliphatic rings. The highest BCUT2D eigenvalue weighted by molar-refractivity contribution is 7.09. The molecular weight excluding hydrogens is 320 g/mol. The molecule has 1 aliphatic heterocycles. The Morgan fingerprint density at radius 2 is 2.29 bits per heavy atom. The minimum atomic E-state index is 0.279. The molecule has 0 aliphatic carbocycles. The highest BCUT2D eigenvalue weighted by atomic mass is 32.1. The first-order valence-corrected chi connectivity index (χ1v) is 9.42. The van der Waals surface area contributed by atoms with E-state index >= 15 is 0 Å². The number of thiophene rings is 1. The zero-order valence-corrected chi connectivity index (χ0v) is 14.9. The van der Waals surface area contributed by atoms with Crippen LogP contribution >= 0.6 is 11.3 Å². The SMILES string of the molecule is CNc1nccnc1C[C@@H]1CCCN(C(=O)CCc2cccs2)C1. The van der Waals surface area contributed by atoms with Gasteiger partial charge in [-0.1, -0.05) is 6.07 Å². The van der Waals surface area contributed by atoms with Crippen molar-refractivity contribution in [1.82, 2.24) is 14.9 Å². The van der Waals surface area contributed by atoms with Gasteiger partial charge in [0.2, 0.25) is 5.91 Å². The van der Waals surface area contributed by atoms with Gasteiger partial charge in [0.25, 0.3) is 0 Å². The molecule has 0 saturated carbocycles. The minimum absolute atomic E-state index is 0.279. The van der Waals surface area contributed by atoms with Crippen molar-refractivity contribution in [3.8, 4) is 0 Å². The van der Waals surface area contributed by atoms with Crippen LogP contribution in [-0.4, -0.2) is 40.9 Å². The van der Waals surface area contributed by atoms with Crippen molar-refractivity contribution in [3.05, 3.63) is 40.5 Å². The van der Waals surface area contributed by atoms with Gasteiger partial charge in [0.05, 0.1) is 5.69 Å². The van der Waals surface area contributed by atoms with Gasteiger partial charge >= 0.3 is 0 Å². The maximum atomic E-state index is 12.5. The topological polar surface area (TPSA) is 58.1 Å². The van der Waals surface area contributed by atoms with E-state index in [1.165, 1.54) is 4.88 Å². The van der Waals surface area contributed by atoms with Gasteiger partial charge in [0.15, 0.2) is 0 Å². The van der Waals surface area contributed by atoms with Crippen LogP contribution in [0.3, 0.4) is 0 Å². The summed E-state index contributed by atoms with van der Waals surface area (Å²) in [5.74, 6) is 1.59. The second-order valence-corrected chi connectivity index (χ2v) is 7.27. The van der Waals surface area contributed by atoms with Crippen LogP contribution in [0.2, 0.25) is 0 Å². The molecule has 3 rings (SSSR count). The first kappa shape index (κ1) is 16.9. The summed E-state index contributed by atoms with van der Waals surface area (Å²) in [6.07, 6.45) is 8.00. The van der Waals surface area contributed by atoms with E-state index in [0.717, 1.165) is 50.3 Å². The van der Waals surface area contributed by atoms with Crippen molar-refractivity contribution < 1.29 is 4.79 Å². The Labute approximate surface area is 147 Å². The van der Waals surface area contributed by atoms with E-state index < -0.39 is 0 Å². The van der Waals surface area contributed by atoms with Crippen molar-refractivity contribution in [2.45, 2.75) is 32.1 Å². The number of carbonyl (C=O) groups is 1. The van der Waals surface area contributed by atoms with Gasteiger partial charge in [-0.2, -0.15) is 0 Å². The van der Waals surface area contributed by atoms with E-state index in [9.17, 15) is 4.79 Å². The second-order valence-electron chi connectivity index (χ2n) is 6.23. The van der Waals surface area contributed by atoms with Crippen LogP contribution in [0.4, 0.5) is 5.82 Å². The number of carbonyl (C=O) groups excluding carboxylic acids is 1. The molecule has 3 heterocycles. The van der Waals surface area contributed by atoms with E-state index in [4.69, 9.17) is 0 Å². The maximum Gasteiger partial charge on any atom is 0.222 e. The molecule has 1 fully saturated rings. The number of likely N-dealkylation sites (tertiary alicyclic amines) is 1. The van der Waals surface area contributed by atoms with E-state index in [1.807, 2.05) is 18.0 Å². The van der Waals surface area contributed by atoms with Crippen molar-refractivity contribution in [2.24, 2.45) is 5.92 Å². The number of hydrogen-bond donors (Lipinski definition) is 1. The zero-order chi connectivity index (χ0) is 16.8. The average molecular weight is 344 g/mol. The van der Waals surface area contributed by atoms with Gasteiger partial charge < -0.3 is 10.2 Å². The monoisotopic (exact) mass is 344 g/mol. The molecule has 1 atom stereocenters. The molecule has 1 N–H and O–H groups in total. The Morgan fingerprint density at radius 1 is 1.42 bits per heavy atom. The number of anilines is 1. The summed E-state index contributed by atoms with van der Waals surface area (Å²) in [6, 6.07) is 4.14. The maximum absolute atomic E-state index is 12.5. The van der Waals surface area contributed by atoms with Crippen LogP contribution < -0.4 is 5.32 Å². The van der Waals surface area contributed by atoms with Crippen LogP contribution in [0, 0.1) is 5.92 Å². The first-order chi connectivity index (χ1) is 11.8. The lowest BCUT2D eigenvalue weighted by Gasteiger charge is -2.33. The van der Waals surface area contributed by atoms with Crippen molar-refractivity contribution in [2.75, 3.05) is 25.5 Å².